The zero-order valence-corrected chi connectivity index (χ0v) is 29.2. The predicted molar refractivity (Wildman–Crippen MR) is 185 cm³/mol. The fourth-order valence-corrected chi connectivity index (χ4v) is 7.81. The summed E-state index contributed by atoms with van der Waals surface area (Å²) >= 11 is 0. The molecule has 0 saturated carbocycles. The van der Waals surface area contributed by atoms with Crippen molar-refractivity contribution in [3.8, 4) is 0 Å². The molecule has 3 amide bonds. The maximum absolute atomic E-state index is 14.5. The van der Waals surface area contributed by atoms with Crippen molar-refractivity contribution in [2.45, 2.75) is 101 Å². The maximum atomic E-state index is 14.5. The number of ether oxygens (including phenoxy) is 3. The Kier molecular flexibility index (Phi) is 14.4. The summed E-state index contributed by atoms with van der Waals surface area (Å²) in [7, 11) is 1.52. The first-order valence-corrected chi connectivity index (χ1v) is 17.9. The maximum Gasteiger partial charge on any atom is 0.313 e. The van der Waals surface area contributed by atoms with Gasteiger partial charge in [-0.1, -0.05) is 62.2 Å². The number of amides is 3. The Balaban J connectivity index is 1.66. The summed E-state index contributed by atoms with van der Waals surface area (Å²) in [5, 5.41) is 12.3. The van der Waals surface area contributed by atoms with Gasteiger partial charge in [0.1, 0.15) is 17.7 Å². The lowest BCUT2D eigenvalue weighted by molar-refractivity contribution is -0.163. The Morgan fingerprint density at radius 1 is 1.14 bits per heavy atom. The number of carbonyl (C=O) groups is 4. The normalized spacial score (nSPS) is 25.0. The molecule has 270 valence electrons. The van der Waals surface area contributed by atoms with Crippen molar-refractivity contribution in [1.29, 1.82) is 0 Å². The van der Waals surface area contributed by atoms with E-state index in [-0.39, 0.29) is 37.4 Å². The first-order chi connectivity index (χ1) is 23.8. The molecule has 0 radical (unpaired) electrons. The van der Waals surface area contributed by atoms with Crippen molar-refractivity contribution < 1.29 is 38.5 Å². The van der Waals surface area contributed by atoms with E-state index in [4.69, 9.17) is 14.2 Å². The molecule has 3 fully saturated rings. The topological polar surface area (TPSA) is 135 Å². The van der Waals surface area contributed by atoms with Crippen LogP contribution in [0.3, 0.4) is 0 Å². The Labute approximate surface area is 291 Å². The summed E-state index contributed by atoms with van der Waals surface area (Å²) in [6.45, 7) is 11.0. The minimum Gasteiger partial charge on any atom is -0.455 e. The van der Waals surface area contributed by atoms with Gasteiger partial charge in [-0.05, 0) is 50.5 Å². The molecule has 3 aliphatic rings. The molecular weight excluding hydrogens is 626 g/mol. The highest BCUT2D eigenvalue weighted by Gasteiger charge is 2.75. The number of esters is 1. The number of hydrogen-bond donors (Lipinski definition) is 2. The van der Waals surface area contributed by atoms with Gasteiger partial charge in [-0.15, -0.1) is 13.2 Å². The monoisotopic (exact) mass is 681 g/mol. The van der Waals surface area contributed by atoms with Gasteiger partial charge >= 0.3 is 5.97 Å². The zero-order valence-electron chi connectivity index (χ0n) is 29.2. The number of methoxy groups -OCH3 is 1. The van der Waals surface area contributed by atoms with Crippen LogP contribution in [-0.2, 0) is 33.4 Å². The summed E-state index contributed by atoms with van der Waals surface area (Å²) < 4.78 is 18.4. The van der Waals surface area contributed by atoms with Crippen molar-refractivity contribution in [3.05, 3.63) is 61.2 Å². The smallest absolute Gasteiger partial charge is 0.313 e. The van der Waals surface area contributed by atoms with Crippen LogP contribution < -0.4 is 5.32 Å². The molecule has 0 aliphatic carbocycles. The van der Waals surface area contributed by atoms with Gasteiger partial charge < -0.3 is 34.4 Å². The van der Waals surface area contributed by atoms with E-state index >= 15 is 0 Å². The van der Waals surface area contributed by atoms with E-state index in [2.05, 4.69) is 25.4 Å². The van der Waals surface area contributed by atoms with Gasteiger partial charge in [-0.3, -0.25) is 19.2 Å². The Hall–Kier alpha value is -3.54. The number of rotatable bonds is 22. The number of aliphatic hydroxyl groups is 1. The lowest BCUT2D eigenvalue weighted by atomic mass is 9.70. The van der Waals surface area contributed by atoms with Crippen LogP contribution in [0.2, 0.25) is 0 Å². The van der Waals surface area contributed by atoms with Crippen molar-refractivity contribution in [2.24, 2.45) is 11.8 Å². The number of allylic oxidation sites excluding steroid dienone is 1. The second-order valence-electron chi connectivity index (χ2n) is 13.4. The van der Waals surface area contributed by atoms with Crippen LogP contribution in [0.15, 0.2) is 55.6 Å². The number of likely N-dealkylation sites (tertiary alicyclic amines) is 1. The molecule has 3 heterocycles. The van der Waals surface area contributed by atoms with Gasteiger partial charge in [-0.25, -0.2) is 0 Å². The summed E-state index contributed by atoms with van der Waals surface area (Å²) in [5.74, 6) is -3.09. The Bertz CT molecular complexity index is 1290. The van der Waals surface area contributed by atoms with Crippen LogP contribution in [0.1, 0.15) is 82.8 Å². The molecule has 11 nitrogen and oxygen atoms in total. The molecule has 3 aliphatic heterocycles. The van der Waals surface area contributed by atoms with Gasteiger partial charge in [0.2, 0.25) is 17.7 Å². The molecule has 3 saturated heterocycles. The third-order valence-electron chi connectivity index (χ3n) is 10.1. The third-order valence-corrected chi connectivity index (χ3v) is 10.1. The number of unbranched alkanes of at least 4 members (excludes halogenated alkanes) is 4. The summed E-state index contributed by atoms with van der Waals surface area (Å²) in [5.41, 5.74) is -0.485. The first kappa shape index (κ1) is 38.3. The number of benzene rings is 1. The number of fused-ring (bicyclic) bond motifs is 1. The molecule has 7 atom stereocenters. The van der Waals surface area contributed by atoms with E-state index in [1.165, 1.54) is 7.11 Å². The lowest BCUT2D eigenvalue weighted by Crippen LogP contribution is -2.56. The van der Waals surface area contributed by atoms with Crippen LogP contribution in [-0.4, -0.2) is 102 Å². The number of nitrogens with zero attached hydrogens (tertiary/aromatic N) is 2. The zero-order chi connectivity index (χ0) is 35.4. The van der Waals surface area contributed by atoms with E-state index in [1.54, 1.807) is 22.0 Å². The van der Waals surface area contributed by atoms with Gasteiger partial charge in [0.25, 0.3) is 0 Å². The predicted octanol–water partition coefficient (Wildman–Crippen LogP) is 4.11. The quantitative estimate of drug-likeness (QED) is 0.106. The van der Waals surface area contributed by atoms with Gasteiger partial charge in [0.15, 0.2) is 0 Å². The summed E-state index contributed by atoms with van der Waals surface area (Å²) in [4.78, 5) is 59.5. The number of carbonyl (C=O) groups excluding carboxylic acids is 4. The van der Waals surface area contributed by atoms with E-state index in [0.717, 1.165) is 19.3 Å². The Morgan fingerprint density at radius 2 is 1.92 bits per heavy atom. The SMILES string of the molecule is C=CCCC(=O)N[C@H](COC)[C@H](OC(=O)[C@@H]1[C@H]2C(=O)N(CCCCCO)[C@H](C(=O)N(CC=C)CCCCC)[C@]23CC[C@H]1O3)c1ccccc1. The van der Waals surface area contributed by atoms with E-state index < -0.39 is 47.7 Å². The molecule has 0 unspecified atom stereocenters. The van der Waals surface area contributed by atoms with Crippen LogP contribution >= 0.6 is 0 Å². The van der Waals surface area contributed by atoms with E-state index in [1.807, 2.05) is 30.3 Å². The van der Waals surface area contributed by atoms with Crippen molar-refractivity contribution in [3.63, 3.8) is 0 Å². The minimum absolute atomic E-state index is 0.0491. The van der Waals surface area contributed by atoms with Gasteiger partial charge in [0, 0.05) is 39.8 Å². The highest BCUT2D eigenvalue weighted by atomic mass is 16.6. The van der Waals surface area contributed by atoms with Gasteiger partial charge in [-0.2, -0.15) is 0 Å². The van der Waals surface area contributed by atoms with Crippen LogP contribution in [0.4, 0.5) is 0 Å². The molecule has 2 N–H and O–H groups in total. The molecule has 1 aromatic carbocycles. The van der Waals surface area contributed by atoms with Crippen molar-refractivity contribution in [2.75, 3.05) is 40.0 Å². The fourth-order valence-electron chi connectivity index (χ4n) is 7.81. The summed E-state index contributed by atoms with van der Waals surface area (Å²) in [6, 6.07) is 7.59. The highest BCUT2D eigenvalue weighted by Crippen LogP contribution is 2.59. The van der Waals surface area contributed by atoms with Crippen molar-refractivity contribution in [1.82, 2.24) is 15.1 Å². The fraction of sp³-hybridized carbons (Fsp3) is 0.632. The first-order valence-electron chi connectivity index (χ1n) is 17.9. The molecule has 2 bridgehead atoms. The van der Waals surface area contributed by atoms with E-state index in [0.29, 0.717) is 63.7 Å². The van der Waals surface area contributed by atoms with Crippen molar-refractivity contribution >= 4 is 23.7 Å². The number of aliphatic hydroxyl groups excluding tert-OH is 1. The molecular formula is C38H55N3O8. The Morgan fingerprint density at radius 3 is 2.59 bits per heavy atom. The van der Waals surface area contributed by atoms with Crippen LogP contribution in [0.5, 0.6) is 0 Å². The highest BCUT2D eigenvalue weighted by molar-refractivity contribution is 5.98. The molecule has 4 rings (SSSR count). The largest absolute Gasteiger partial charge is 0.455 e. The average molecular weight is 682 g/mol. The second-order valence-corrected chi connectivity index (χ2v) is 13.4. The number of hydrogen-bond acceptors (Lipinski definition) is 8. The second kappa shape index (κ2) is 18.5. The van der Waals surface area contributed by atoms with Crippen LogP contribution in [0, 0.1) is 11.8 Å². The van der Waals surface area contributed by atoms with E-state index in [9.17, 15) is 24.3 Å². The molecule has 49 heavy (non-hydrogen) atoms. The van der Waals surface area contributed by atoms with Crippen LogP contribution in [0.25, 0.3) is 0 Å². The minimum atomic E-state index is -1.16. The molecule has 1 spiro atoms. The molecule has 11 heteroatoms. The third kappa shape index (κ3) is 8.61. The average Bonchev–Trinajstić information content (AvgIpc) is 3.75. The molecule has 1 aromatic rings. The van der Waals surface area contributed by atoms with Gasteiger partial charge in [0.05, 0.1) is 30.6 Å². The lowest BCUT2D eigenvalue weighted by Gasteiger charge is -2.37. The standard InChI is InChI=1S/C38H55N3O8/c1-5-8-14-23-40(22-7-3)36(45)34-38-21-20-29(49-38)31(32(38)35(44)41(34)24-15-11-16-25-42)37(46)48-33(27-17-12-10-13-18-27)28(26-47-4)39-30(43)19-9-6-2/h6-7,10,12-13,17-18,28-29,31-34,42H,2-3,5,8-9,11,14-16,19-26H2,1,4H3,(H,39,43)/t28-,29-,31+,32+,33-,34-,38+/m1/s1. The molecule has 0 aromatic heterocycles. The summed E-state index contributed by atoms with van der Waals surface area (Å²) in [6.07, 6.45) is 8.28. The number of nitrogens with one attached hydrogen (secondary N) is 1.